The Hall–Kier alpha value is -4.74. The molecular formula is C29H25N5O5. The maximum absolute atomic E-state index is 10.9. The monoisotopic (exact) mass is 523 g/mol. The summed E-state index contributed by atoms with van der Waals surface area (Å²) in [6, 6.07) is 23.6. The lowest BCUT2D eigenvalue weighted by molar-refractivity contribution is -0.254. The molecule has 10 nitrogen and oxygen atoms in total. The summed E-state index contributed by atoms with van der Waals surface area (Å²) in [4.78, 5) is 8.46. The zero-order valence-corrected chi connectivity index (χ0v) is 20.9. The summed E-state index contributed by atoms with van der Waals surface area (Å²) in [5.41, 5.74) is 10.6. The third kappa shape index (κ3) is 5.59. The molecule has 0 unspecified atom stereocenters. The second kappa shape index (κ2) is 11.3. The van der Waals surface area contributed by atoms with Gasteiger partial charge in [-0.1, -0.05) is 36.4 Å². The molecule has 5 rings (SSSR count). The lowest BCUT2D eigenvalue weighted by atomic mass is 10.0. The van der Waals surface area contributed by atoms with Gasteiger partial charge in [0.05, 0.1) is 17.1 Å². The van der Waals surface area contributed by atoms with E-state index in [1.54, 1.807) is 42.5 Å². The average Bonchev–Trinajstić information content (AvgIpc) is 2.93. The second-order valence-electron chi connectivity index (χ2n) is 8.98. The third-order valence-corrected chi connectivity index (χ3v) is 6.21. The maximum atomic E-state index is 10.9. The SMILES string of the molecule is Cc1cc2ccc(N)cc2c(O)c1N=Nc1ccc(N=Nc2cc(COO)cc(COO)c2)c2ccccc12. The molecule has 0 amide bonds. The number of rotatable bonds is 8. The molecule has 0 atom stereocenters. The third-order valence-electron chi connectivity index (χ3n) is 6.21. The second-order valence-corrected chi connectivity index (χ2v) is 8.98. The fraction of sp³-hybridized carbons (Fsp3) is 0.103. The summed E-state index contributed by atoms with van der Waals surface area (Å²) < 4.78 is 0. The van der Waals surface area contributed by atoms with E-state index in [9.17, 15) is 5.11 Å². The molecule has 0 saturated carbocycles. The molecule has 0 aliphatic rings. The number of aryl methyl sites for hydroxylation is 1. The Labute approximate surface area is 223 Å². The standard InChI is InChI=1S/C29H25N5O5/c1-17-10-20-6-7-21(30)14-25(20)29(35)28(17)34-33-27-9-8-26(23-4-2-3-5-24(23)27)32-31-22-12-18(15-38-36)11-19(13-22)16-39-37/h2-14,35-37H,15-16,30H2,1H3. The molecule has 0 saturated heterocycles. The molecule has 0 aliphatic heterocycles. The van der Waals surface area contributed by atoms with Gasteiger partial charge in [0.25, 0.3) is 0 Å². The fourth-order valence-corrected chi connectivity index (χ4v) is 4.42. The van der Waals surface area contributed by atoms with Crippen molar-refractivity contribution >= 4 is 50.0 Å². The highest BCUT2D eigenvalue weighted by molar-refractivity contribution is 6.00. The lowest BCUT2D eigenvalue weighted by Gasteiger charge is -2.09. The molecule has 0 aliphatic carbocycles. The van der Waals surface area contributed by atoms with E-state index < -0.39 is 0 Å². The Bertz CT molecular complexity index is 1710. The van der Waals surface area contributed by atoms with Crippen molar-refractivity contribution in [3.63, 3.8) is 0 Å². The normalized spacial score (nSPS) is 11.9. The van der Waals surface area contributed by atoms with Gasteiger partial charge >= 0.3 is 0 Å². The Kier molecular flexibility index (Phi) is 7.53. The van der Waals surface area contributed by atoms with E-state index in [1.165, 1.54) is 0 Å². The van der Waals surface area contributed by atoms with Gasteiger partial charge in [0, 0.05) is 21.8 Å². The summed E-state index contributed by atoms with van der Waals surface area (Å²) in [6.07, 6.45) is 0. The summed E-state index contributed by atoms with van der Waals surface area (Å²) in [5.74, 6) is 0.0237. The van der Waals surface area contributed by atoms with Gasteiger partial charge in [-0.2, -0.15) is 5.11 Å². The zero-order chi connectivity index (χ0) is 27.4. The fourth-order valence-electron chi connectivity index (χ4n) is 4.42. The number of fused-ring (bicyclic) bond motifs is 2. The van der Waals surface area contributed by atoms with Gasteiger partial charge in [-0.3, -0.25) is 10.5 Å². The lowest BCUT2D eigenvalue weighted by Crippen LogP contribution is -1.93. The number of hydrogen-bond donors (Lipinski definition) is 4. The molecule has 0 radical (unpaired) electrons. The molecular weight excluding hydrogens is 498 g/mol. The van der Waals surface area contributed by atoms with E-state index >= 15 is 0 Å². The summed E-state index contributed by atoms with van der Waals surface area (Å²) in [7, 11) is 0. The van der Waals surface area contributed by atoms with Crippen LogP contribution in [-0.2, 0) is 23.0 Å². The number of nitrogen functional groups attached to an aromatic ring is 1. The molecule has 5 aromatic carbocycles. The molecule has 196 valence electrons. The van der Waals surface area contributed by atoms with Gasteiger partial charge < -0.3 is 10.8 Å². The van der Waals surface area contributed by atoms with Crippen molar-refractivity contribution in [1.82, 2.24) is 0 Å². The quantitative estimate of drug-likeness (QED) is 0.0692. The van der Waals surface area contributed by atoms with Crippen LogP contribution in [0.1, 0.15) is 16.7 Å². The molecule has 5 N–H and O–H groups in total. The molecule has 5 aromatic rings. The van der Waals surface area contributed by atoms with Gasteiger partial charge in [-0.25, -0.2) is 9.78 Å². The molecule has 0 aromatic heterocycles. The van der Waals surface area contributed by atoms with Crippen LogP contribution in [0.5, 0.6) is 5.75 Å². The van der Waals surface area contributed by atoms with Crippen LogP contribution in [0.25, 0.3) is 21.5 Å². The van der Waals surface area contributed by atoms with Crippen molar-refractivity contribution in [2.24, 2.45) is 20.5 Å². The summed E-state index contributed by atoms with van der Waals surface area (Å²) >= 11 is 0. The maximum Gasteiger partial charge on any atom is 0.151 e. The van der Waals surface area contributed by atoms with Gasteiger partial charge in [-0.05, 0) is 71.5 Å². The van der Waals surface area contributed by atoms with E-state index in [0.29, 0.717) is 45.0 Å². The van der Waals surface area contributed by atoms with Crippen molar-refractivity contribution in [3.05, 3.63) is 95.6 Å². The van der Waals surface area contributed by atoms with Crippen LogP contribution in [0.4, 0.5) is 28.4 Å². The van der Waals surface area contributed by atoms with Crippen molar-refractivity contribution < 1.29 is 25.4 Å². The summed E-state index contributed by atoms with van der Waals surface area (Å²) in [5, 5.41) is 49.3. The highest BCUT2D eigenvalue weighted by atomic mass is 17.1. The zero-order valence-electron chi connectivity index (χ0n) is 20.9. The summed E-state index contributed by atoms with van der Waals surface area (Å²) in [6.45, 7) is 1.76. The predicted octanol–water partition coefficient (Wildman–Crippen LogP) is 8.40. The average molecular weight is 524 g/mol. The van der Waals surface area contributed by atoms with Crippen LogP contribution in [0, 0.1) is 6.92 Å². The van der Waals surface area contributed by atoms with Crippen molar-refractivity contribution in [2.75, 3.05) is 5.73 Å². The Morgan fingerprint density at radius 3 is 1.92 bits per heavy atom. The Morgan fingerprint density at radius 2 is 1.31 bits per heavy atom. The molecule has 0 heterocycles. The van der Waals surface area contributed by atoms with Crippen LogP contribution in [0.3, 0.4) is 0 Å². The minimum absolute atomic E-state index is 0.0237. The number of nitrogens with two attached hydrogens (primary N) is 1. The Balaban J connectivity index is 1.51. The molecule has 10 heteroatoms. The first-order valence-electron chi connectivity index (χ1n) is 12.0. The first-order chi connectivity index (χ1) is 19.0. The number of phenols is 1. The van der Waals surface area contributed by atoms with Crippen LogP contribution in [0.2, 0.25) is 0 Å². The van der Waals surface area contributed by atoms with E-state index in [4.69, 9.17) is 16.2 Å². The van der Waals surface area contributed by atoms with E-state index in [0.717, 1.165) is 21.7 Å². The Morgan fingerprint density at radius 1 is 0.692 bits per heavy atom. The number of benzene rings is 5. The number of nitrogens with zero attached hydrogens (tertiary/aromatic N) is 4. The predicted molar refractivity (Wildman–Crippen MR) is 148 cm³/mol. The van der Waals surface area contributed by atoms with Crippen molar-refractivity contribution in [3.8, 4) is 5.75 Å². The number of anilines is 1. The highest BCUT2D eigenvalue weighted by Crippen LogP contribution is 2.41. The van der Waals surface area contributed by atoms with Gasteiger partial charge in [0.15, 0.2) is 5.75 Å². The van der Waals surface area contributed by atoms with Crippen LogP contribution < -0.4 is 5.73 Å². The number of aromatic hydroxyl groups is 1. The molecule has 0 fully saturated rings. The highest BCUT2D eigenvalue weighted by Gasteiger charge is 2.12. The van der Waals surface area contributed by atoms with Gasteiger partial charge in [0.1, 0.15) is 18.9 Å². The first-order valence-corrected chi connectivity index (χ1v) is 12.0. The van der Waals surface area contributed by atoms with E-state index in [1.807, 2.05) is 43.3 Å². The van der Waals surface area contributed by atoms with Crippen molar-refractivity contribution in [2.45, 2.75) is 20.1 Å². The van der Waals surface area contributed by atoms with Gasteiger partial charge in [-0.15, -0.1) is 15.3 Å². The number of hydrogen-bond acceptors (Lipinski definition) is 10. The van der Waals surface area contributed by atoms with Gasteiger partial charge in [0.2, 0.25) is 0 Å². The number of phenolic OH excluding ortho intramolecular Hbond substituents is 1. The first kappa shape index (κ1) is 25.9. The smallest absolute Gasteiger partial charge is 0.151 e. The van der Waals surface area contributed by atoms with Crippen LogP contribution in [0.15, 0.2) is 99.3 Å². The van der Waals surface area contributed by atoms with E-state index in [-0.39, 0.29) is 19.0 Å². The molecule has 0 spiro atoms. The minimum Gasteiger partial charge on any atom is -0.505 e. The largest absolute Gasteiger partial charge is 0.505 e. The number of azo groups is 2. The molecule has 0 bridgehead atoms. The van der Waals surface area contributed by atoms with Crippen LogP contribution in [-0.4, -0.2) is 15.6 Å². The topological polar surface area (TPSA) is 155 Å². The van der Waals surface area contributed by atoms with E-state index in [2.05, 4.69) is 30.2 Å². The molecule has 39 heavy (non-hydrogen) atoms. The van der Waals surface area contributed by atoms with Crippen LogP contribution >= 0.6 is 0 Å². The van der Waals surface area contributed by atoms with Crippen molar-refractivity contribution in [1.29, 1.82) is 0 Å². The minimum atomic E-state index is -0.0515.